The van der Waals surface area contributed by atoms with E-state index in [4.69, 9.17) is 9.47 Å². The quantitative estimate of drug-likeness (QED) is 0.680. The topological polar surface area (TPSA) is 48.3 Å². The highest BCUT2D eigenvalue weighted by Crippen LogP contribution is 2.09. The zero-order valence-corrected chi connectivity index (χ0v) is 12.5. The molecule has 0 bridgehead atoms. The summed E-state index contributed by atoms with van der Waals surface area (Å²) in [7, 11) is 1.71. The zero-order chi connectivity index (χ0) is 14.8. The Morgan fingerprint density at radius 3 is 2.81 bits per heavy atom. The highest BCUT2D eigenvalue weighted by atomic mass is 16.5. The Balaban J connectivity index is 1.67. The minimum absolute atomic E-state index is 0.695. The minimum Gasteiger partial charge on any atom is -0.494 e. The van der Waals surface area contributed by atoms with Crippen LogP contribution in [0.15, 0.2) is 42.6 Å². The number of hydrogen-bond donors (Lipinski definition) is 1. The number of ether oxygens (including phenoxy) is 2. The monoisotopic (exact) mass is 289 g/mol. The van der Waals surface area contributed by atoms with Gasteiger partial charge in [-0.2, -0.15) is 5.10 Å². The molecule has 0 spiro atoms. The van der Waals surface area contributed by atoms with Gasteiger partial charge in [-0.05, 0) is 18.2 Å². The first-order valence-electron chi connectivity index (χ1n) is 7.28. The molecule has 0 aliphatic rings. The van der Waals surface area contributed by atoms with Crippen LogP contribution < -0.4 is 10.1 Å². The molecule has 2 aromatic rings. The maximum absolute atomic E-state index is 5.68. The number of benzene rings is 1. The highest BCUT2D eigenvalue weighted by molar-refractivity contribution is 5.20. The SMILES string of the molecule is COCCNCc1ccnn1CCCOc1ccccc1. The van der Waals surface area contributed by atoms with E-state index >= 15 is 0 Å². The Kier molecular flexibility index (Phi) is 6.77. The average Bonchev–Trinajstić information content (AvgIpc) is 2.97. The first-order chi connectivity index (χ1) is 10.4. The normalized spacial score (nSPS) is 10.7. The molecule has 0 saturated carbocycles. The fourth-order valence-electron chi connectivity index (χ4n) is 2.02. The Bertz CT molecular complexity index is 499. The van der Waals surface area contributed by atoms with Crippen LogP contribution in [0.3, 0.4) is 0 Å². The summed E-state index contributed by atoms with van der Waals surface area (Å²) >= 11 is 0. The van der Waals surface area contributed by atoms with Crippen LogP contribution in [0, 0.1) is 0 Å². The van der Waals surface area contributed by atoms with Gasteiger partial charge in [0, 0.05) is 39.4 Å². The van der Waals surface area contributed by atoms with E-state index in [1.54, 1.807) is 7.11 Å². The van der Waals surface area contributed by atoms with Gasteiger partial charge in [0.1, 0.15) is 5.75 Å². The number of para-hydroxylation sites is 1. The lowest BCUT2D eigenvalue weighted by Crippen LogP contribution is -2.21. The second kappa shape index (κ2) is 9.15. The molecular weight excluding hydrogens is 266 g/mol. The number of nitrogens with one attached hydrogen (secondary N) is 1. The third-order valence-corrected chi connectivity index (χ3v) is 3.12. The van der Waals surface area contributed by atoms with E-state index in [1.165, 1.54) is 5.69 Å². The smallest absolute Gasteiger partial charge is 0.119 e. The van der Waals surface area contributed by atoms with Gasteiger partial charge in [-0.1, -0.05) is 18.2 Å². The number of aryl methyl sites for hydroxylation is 1. The van der Waals surface area contributed by atoms with Crippen molar-refractivity contribution in [2.24, 2.45) is 0 Å². The molecule has 0 aliphatic heterocycles. The van der Waals surface area contributed by atoms with Crippen molar-refractivity contribution >= 4 is 0 Å². The molecule has 1 aromatic carbocycles. The van der Waals surface area contributed by atoms with Gasteiger partial charge >= 0.3 is 0 Å². The van der Waals surface area contributed by atoms with Gasteiger partial charge in [0.05, 0.1) is 18.9 Å². The summed E-state index contributed by atoms with van der Waals surface area (Å²) in [5.41, 5.74) is 1.19. The minimum atomic E-state index is 0.695. The molecule has 5 heteroatoms. The van der Waals surface area contributed by atoms with Crippen molar-refractivity contribution in [3.05, 3.63) is 48.3 Å². The third kappa shape index (κ3) is 5.57. The molecule has 1 aromatic heterocycles. The summed E-state index contributed by atoms with van der Waals surface area (Å²) in [5.74, 6) is 0.916. The lowest BCUT2D eigenvalue weighted by Gasteiger charge is -2.09. The maximum Gasteiger partial charge on any atom is 0.119 e. The van der Waals surface area contributed by atoms with Crippen LogP contribution in [-0.4, -0.2) is 36.6 Å². The lowest BCUT2D eigenvalue weighted by atomic mass is 10.3. The van der Waals surface area contributed by atoms with Crippen LogP contribution in [0.25, 0.3) is 0 Å². The van der Waals surface area contributed by atoms with Gasteiger partial charge in [0.25, 0.3) is 0 Å². The first kappa shape index (κ1) is 15.5. The predicted octanol–water partition coefficient (Wildman–Crippen LogP) is 2.09. The van der Waals surface area contributed by atoms with Crippen LogP contribution in [-0.2, 0) is 17.8 Å². The Morgan fingerprint density at radius 1 is 1.14 bits per heavy atom. The second-order valence-electron chi connectivity index (χ2n) is 4.73. The molecular formula is C16H23N3O2. The van der Waals surface area contributed by atoms with Gasteiger partial charge < -0.3 is 14.8 Å². The van der Waals surface area contributed by atoms with Gasteiger partial charge in [0.2, 0.25) is 0 Å². The van der Waals surface area contributed by atoms with E-state index in [9.17, 15) is 0 Å². The fraction of sp³-hybridized carbons (Fsp3) is 0.438. The molecule has 21 heavy (non-hydrogen) atoms. The van der Waals surface area contributed by atoms with E-state index in [-0.39, 0.29) is 0 Å². The average molecular weight is 289 g/mol. The lowest BCUT2D eigenvalue weighted by molar-refractivity contribution is 0.199. The van der Waals surface area contributed by atoms with Crippen molar-refractivity contribution in [3.63, 3.8) is 0 Å². The molecule has 1 N–H and O–H groups in total. The summed E-state index contributed by atoms with van der Waals surface area (Å²) in [6.45, 7) is 3.93. The Labute approximate surface area is 125 Å². The third-order valence-electron chi connectivity index (χ3n) is 3.12. The van der Waals surface area contributed by atoms with E-state index < -0.39 is 0 Å². The molecule has 5 nitrogen and oxygen atoms in total. The van der Waals surface area contributed by atoms with Crippen LogP contribution in [0.4, 0.5) is 0 Å². The molecule has 0 radical (unpaired) electrons. The summed E-state index contributed by atoms with van der Waals surface area (Å²) < 4.78 is 12.7. The van der Waals surface area contributed by atoms with Crippen LogP contribution in [0.2, 0.25) is 0 Å². The summed E-state index contributed by atoms with van der Waals surface area (Å²) in [6.07, 6.45) is 2.77. The zero-order valence-electron chi connectivity index (χ0n) is 12.5. The fourth-order valence-corrected chi connectivity index (χ4v) is 2.02. The molecule has 1 heterocycles. The van der Waals surface area contributed by atoms with Gasteiger partial charge in [0.15, 0.2) is 0 Å². The Hall–Kier alpha value is -1.85. The molecule has 0 atom stereocenters. The molecule has 0 aliphatic carbocycles. The van der Waals surface area contributed by atoms with Gasteiger partial charge in [-0.3, -0.25) is 4.68 Å². The summed E-state index contributed by atoms with van der Waals surface area (Å²) in [4.78, 5) is 0. The van der Waals surface area contributed by atoms with Crippen LogP contribution >= 0.6 is 0 Å². The van der Waals surface area contributed by atoms with E-state index in [1.807, 2.05) is 47.3 Å². The van der Waals surface area contributed by atoms with E-state index in [0.29, 0.717) is 6.61 Å². The molecule has 114 valence electrons. The van der Waals surface area contributed by atoms with Gasteiger partial charge in [-0.15, -0.1) is 0 Å². The molecule has 2 rings (SSSR count). The summed E-state index contributed by atoms with van der Waals surface area (Å²) in [5, 5.41) is 7.68. The molecule has 0 fully saturated rings. The van der Waals surface area contributed by atoms with Crippen LogP contribution in [0.1, 0.15) is 12.1 Å². The van der Waals surface area contributed by atoms with Crippen molar-refractivity contribution in [1.29, 1.82) is 0 Å². The van der Waals surface area contributed by atoms with Crippen molar-refractivity contribution < 1.29 is 9.47 Å². The molecule has 0 saturated heterocycles. The largest absolute Gasteiger partial charge is 0.494 e. The predicted molar refractivity (Wildman–Crippen MR) is 82.4 cm³/mol. The van der Waals surface area contributed by atoms with E-state index in [2.05, 4.69) is 10.4 Å². The number of aromatic nitrogens is 2. The van der Waals surface area contributed by atoms with Crippen molar-refractivity contribution in [2.45, 2.75) is 19.5 Å². The van der Waals surface area contributed by atoms with Gasteiger partial charge in [-0.25, -0.2) is 0 Å². The van der Waals surface area contributed by atoms with Crippen LogP contribution in [0.5, 0.6) is 5.75 Å². The second-order valence-corrected chi connectivity index (χ2v) is 4.73. The first-order valence-corrected chi connectivity index (χ1v) is 7.28. The summed E-state index contributed by atoms with van der Waals surface area (Å²) in [6, 6.07) is 11.9. The van der Waals surface area contributed by atoms with Crippen molar-refractivity contribution in [1.82, 2.24) is 15.1 Å². The Morgan fingerprint density at radius 2 is 2.00 bits per heavy atom. The number of rotatable bonds is 10. The standard InChI is InChI=1S/C16H23N3O2/c1-20-13-10-17-14-15-8-9-18-19(15)11-5-12-21-16-6-3-2-4-7-16/h2-4,6-9,17H,5,10-14H2,1H3. The molecule has 0 unspecified atom stereocenters. The van der Waals surface area contributed by atoms with Crippen molar-refractivity contribution in [3.8, 4) is 5.75 Å². The van der Waals surface area contributed by atoms with E-state index in [0.717, 1.165) is 38.4 Å². The maximum atomic E-state index is 5.68. The molecule has 0 amide bonds. The van der Waals surface area contributed by atoms with Crippen molar-refractivity contribution in [2.75, 3.05) is 26.9 Å². The number of methoxy groups -OCH3 is 1. The number of hydrogen-bond acceptors (Lipinski definition) is 4. The highest BCUT2D eigenvalue weighted by Gasteiger charge is 2.02. The number of nitrogens with zero attached hydrogens (tertiary/aromatic N) is 2.